The first-order valence-electron chi connectivity index (χ1n) is 7.35. The van der Waals surface area contributed by atoms with Gasteiger partial charge in [-0.25, -0.2) is 9.59 Å². The van der Waals surface area contributed by atoms with E-state index >= 15 is 0 Å². The number of ether oxygens (including phenoxy) is 1. The fraction of sp³-hybridized carbons (Fsp3) is 0.867. The number of rotatable bonds is 8. The van der Waals surface area contributed by atoms with Crippen molar-refractivity contribution >= 4 is 12.1 Å². The van der Waals surface area contributed by atoms with E-state index in [1.54, 1.807) is 20.8 Å². The molecule has 118 valence electrons. The number of hydrogen-bond acceptors (Lipinski definition) is 3. The van der Waals surface area contributed by atoms with Crippen molar-refractivity contribution in [3.63, 3.8) is 0 Å². The molecule has 0 aliphatic rings. The highest BCUT2D eigenvalue weighted by atomic mass is 16.6. The number of carbonyl (C=O) groups is 2. The van der Waals surface area contributed by atoms with Crippen molar-refractivity contribution in [2.75, 3.05) is 0 Å². The summed E-state index contributed by atoms with van der Waals surface area (Å²) < 4.78 is 5.12. The first kappa shape index (κ1) is 18.7. The number of hydrogen-bond donors (Lipinski definition) is 2. The second kappa shape index (κ2) is 8.12. The summed E-state index contributed by atoms with van der Waals surface area (Å²) >= 11 is 0. The molecule has 20 heavy (non-hydrogen) atoms. The quantitative estimate of drug-likeness (QED) is 0.667. The molecule has 0 aromatic rings. The summed E-state index contributed by atoms with van der Waals surface area (Å²) in [6.45, 7) is 8.89. The number of unbranched alkanes of at least 4 members (excludes halogenated alkanes) is 4. The molecular formula is C15H29NO4. The van der Waals surface area contributed by atoms with Gasteiger partial charge >= 0.3 is 12.1 Å². The van der Waals surface area contributed by atoms with Crippen LogP contribution in [0, 0.1) is 0 Å². The molecule has 0 aromatic carbocycles. The van der Waals surface area contributed by atoms with Crippen molar-refractivity contribution in [3.05, 3.63) is 0 Å². The molecule has 0 aliphatic heterocycles. The predicted molar refractivity (Wildman–Crippen MR) is 78.8 cm³/mol. The first-order chi connectivity index (χ1) is 9.10. The molecule has 0 spiro atoms. The lowest BCUT2D eigenvalue weighted by Gasteiger charge is -2.28. The Morgan fingerprint density at radius 2 is 1.60 bits per heavy atom. The van der Waals surface area contributed by atoms with Crippen LogP contribution in [0.2, 0.25) is 0 Å². The Morgan fingerprint density at radius 1 is 1.05 bits per heavy atom. The average Bonchev–Trinajstić information content (AvgIpc) is 2.25. The van der Waals surface area contributed by atoms with E-state index in [4.69, 9.17) is 4.74 Å². The molecule has 5 nitrogen and oxygen atoms in total. The van der Waals surface area contributed by atoms with Gasteiger partial charge in [0.2, 0.25) is 0 Å². The number of nitrogens with one attached hydrogen (secondary N) is 1. The minimum absolute atomic E-state index is 0.408. The molecule has 0 fully saturated rings. The number of amides is 1. The van der Waals surface area contributed by atoms with Gasteiger partial charge < -0.3 is 15.2 Å². The minimum atomic E-state index is -1.27. The molecule has 1 amide bonds. The van der Waals surface area contributed by atoms with Gasteiger partial charge in [-0.3, -0.25) is 0 Å². The zero-order valence-corrected chi connectivity index (χ0v) is 13.4. The van der Waals surface area contributed by atoms with E-state index in [2.05, 4.69) is 12.2 Å². The van der Waals surface area contributed by atoms with Gasteiger partial charge in [0.1, 0.15) is 11.1 Å². The van der Waals surface area contributed by atoms with Crippen molar-refractivity contribution in [1.29, 1.82) is 0 Å². The van der Waals surface area contributed by atoms with Crippen LogP contribution in [0.1, 0.15) is 73.1 Å². The average molecular weight is 287 g/mol. The molecule has 0 radical (unpaired) electrons. The van der Waals surface area contributed by atoms with E-state index in [0.717, 1.165) is 32.1 Å². The highest BCUT2D eigenvalue weighted by Gasteiger charge is 2.35. The maximum absolute atomic E-state index is 11.7. The fourth-order valence-electron chi connectivity index (χ4n) is 1.83. The van der Waals surface area contributed by atoms with Gasteiger partial charge in [-0.2, -0.15) is 0 Å². The molecule has 0 heterocycles. The normalized spacial score (nSPS) is 14.4. The number of aliphatic carboxylic acids is 1. The second-order valence-corrected chi connectivity index (χ2v) is 6.43. The summed E-state index contributed by atoms with van der Waals surface area (Å²) in [5, 5.41) is 11.8. The molecule has 0 rings (SSSR count). The number of carbonyl (C=O) groups excluding carboxylic acids is 1. The number of carboxylic acids is 1. The van der Waals surface area contributed by atoms with E-state index in [9.17, 15) is 14.7 Å². The Morgan fingerprint density at radius 3 is 2.05 bits per heavy atom. The molecule has 1 atom stereocenters. The molecule has 0 bridgehead atoms. The second-order valence-electron chi connectivity index (χ2n) is 6.43. The summed E-state index contributed by atoms with van der Waals surface area (Å²) in [6.07, 6.45) is 4.88. The van der Waals surface area contributed by atoms with Crippen molar-refractivity contribution in [1.82, 2.24) is 5.32 Å². The van der Waals surface area contributed by atoms with Gasteiger partial charge in [0.05, 0.1) is 0 Å². The van der Waals surface area contributed by atoms with Crippen molar-refractivity contribution in [3.8, 4) is 0 Å². The van der Waals surface area contributed by atoms with Crippen LogP contribution in [0.25, 0.3) is 0 Å². The molecule has 0 saturated carbocycles. The van der Waals surface area contributed by atoms with Gasteiger partial charge in [0.25, 0.3) is 0 Å². The highest BCUT2D eigenvalue weighted by Crippen LogP contribution is 2.17. The maximum atomic E-state index is 11.7. The van der Waals surface area contributed by atoms with Gasteiger partial charge in [-0.1, -0.05) is 39.0 Å². The number of carboxylic acid groups (broad SMARTS) is 1. The van der Waals surface area contributed by atoms with Crippen molar-refractivity contribution in [2.45, 2.75) is 84.3 Å². The van der Waals surface area contributed by atoms with Gasteiger partial charge in [0.15, 0.2) is 0 Å². The van der Waals surface area contributed by atoms with Gasteiger partial charge in [-0.15, -0.1) is 0 Å². The topological polar surface area (TPSA) is 75.6 Å². The molecule has 0 aliphatic carbocycles. The van der Waals surface area contributed by atoms with Crippen molar-refractivity contribution in [2.24, 2.45) is 0 Å². The molecule has 2 N–H and O–H groups in total. The van der Waals surface area contributed by atoms with E-state index in [1.807, 2.05) is 0 Å². The van der Waals surface area contributed by atoms with Crippen LogP contribution >= 0.6 is 0 Å². The monoisotopic (exact) mass is 287 g/mol. The smallest absolute Gasteiger partial charge is 0.408 e. The molecule has 1 unspecified atom stereocenters. The summed E-state index contributed by atoms with van der Waals surface area (Å²) in [5.41, 5.74) is -1.90. The molecular weight excluding hydrogens is 258 g/mol. The third-order valence-electron chi connectivity index (χ3n) is 3.03. The number of alkyl carbamates (subject to hydrolysis) is 1. The third kappa shape index (κ3) is 8.02. The summed E-state index contributed by atoms with van der Waals surface area (Å²) in [6, 6.07) is 0. The maximum Gasteiger partial charge on any atom is 0.408 e. The van der Waals surface area contributed by atoms with E-state index in [-0.39, 0.29) is 0 Å². The molecule has 5 heteroatoms. The lowest BCUT2D eigenvalue weighted by atomic mass is 9.94. The van der Waals surface area contributed by atoms with Gasteiger partial charge in [0, 0.05) is 0 Å². The molecule has 0 aromatic heterocycles. The summed E-state index contributed by atoms with van der Waals surface area (Å²) in [5.74, 6) is -1.03. The summed E-state index contributed by atoms with van der Waals surface area (Å²) in [4.78, 5) is 23.1. The Labute approximate surface area is 122 Å². The highest BCUT2D eigenvalue weighted by molar-refractivity contribution is 5.83. The Kier molecular flexibility index (Phi) is 7.61. The van der Waals surface area contributed by atoms with Crippen LogP contribution in [0.15, 0.2) is 0 Å². The predicted octanol–water partition coefficient (Wildman–Crippen LogP) is 3.71. The van der Waals surface area contributed by atoms with Crippen LogP contribution in [-0.4, -0.2) is 28.3 Å². The fourth-order valence-corrected chi connectivity index (χ4v) is 1.83. The largest absolute Gasteiger partial charge is 0.480 e. The van der Waals surface area contributed by atoms with Crippen LogP contribution in [0.5, 0.6) is 0 Å². The zero-order valence-electron chi connectivity index (χ0n) is 13.4. The Balaban J connectivity index is 4.38. The zero-order chi connectivity index (χ0) is 15.8. The lowest BCUT2D eigenvalue weighted by molar-refractivity contribution is -0.144. The first-order valence-corrected chi connectivity index (χ1v) is 7.35. The van der Waals surface area contributed by atoms with Crippen molar-refractivity contribution < 1.29 is 19.4 Å². The minimum Gasteiger partial charge on any atom is -0.480 e. The lowest BCUT2D eigenvalue weighted by Crippen LogP contribution is -2.53. The van der Waals surface area contributed by atoms with Gasteiger partial charge in [-0.05, 0) is 34.1 Å². The van der Waals surface area contributed by atoms with Crippen LogP contribution < -0.4 is 5.32 Å². The molecule has 0 saturated heterocycles. The SMILES string of the molecule is CCCCCCCC(C)(NC(=O)OC(C)(C)C)C(=O)O. The van der Waals surface area contributed by atoms with Crippen LogP contribution in [-0.2, 0) is 9.53 Å². The third-order valence-corrected chi connectivity index (χ3v) is 3.03. The van der Waals surface area contributed by atoms with E-state index in [1.165, 1.54) is 6.92 Å². The van der Waals surface area contributed by atoms with E-state index in [0.29, 0.717) is 6.42 Å². The Hall–Kier alpha value is -1.26. The standard InChI is InChI=1S/C15H29NO4/c1-6-7-8-9-10-11-15(5,12(17)18)16-13(19)20-14(2,3)4/h6-11H2,1-5H3,(H,16,19)(H,17,18). The van der Waals surface area contributed by atoms with Crippen LogP contribution in [0.4, 0.5) is 4.79 Å². The van der Waals surface area contributed by atoms with Crippen LogP contribution in [0.3, 0.4) is 0 Å². The van der Waals surface area contributed by atoms with E-state index < -0.39 is 23.2 Å². The Bertz CT molecular complexity index is 322. The summed E-state index contributed by atoms with van der Waals surface area (Å²) in [7, 11) is 0.